The summed E-state index contributed by atoms with van der Waals surface area (Å²) >= 11 is 2.58. The van der Waals surface area contributed by atoms with Crippen LogP contribution >= 0.6 is 22.6 Å². The molecule has 1 spiro atoms. The SMILES string of the molecule is C/C=C/CCCCC[C@@H]1[C@@H](C(=O)N2C(=O)OC[C@@H]2Cc2ccccc2)[C@H]2C=C[C@@H]1[C@@]21CC1(CI)CO[Si](C)(C)C(C)(C)C. The van der Waals surface area contributed by atoms with E-state index in [0.29, 0.717) is 12.3 Å². The van der Waals surface area contributed by atoms with Crippen molar-refractivity contribution in [1.82, 2.24) is 4.90 Å². The molecule has 3 fully saturated rings. The number of cyclic esters (lactones) is 1. The maximum atomic E-state index is 14.7. The van der Waals surface area contributed by atoms with Crippen molar-refractivity contribution in [3.05, 3.63) is 60.2 Å². The summed E-state index contributed by atoms with van der Waals surface area (Å²) in [6, 6.07) is 9.91. The molecule has 1 saturated heterocycles. The van der Waals surface area contributed by atoms with E-state index < -0.39 is 14.4 Å². The van der Waals surface area contributed by atoms with Gasteiger partial charge in [-0.25, -0.2) is 9.69 Å². The van der Waals surface area contributed by atoms with Crippen LogP contribution in [0.2, 0.25) is 18.1 Å². The second-order valence-corrected chi connectivity index (χ2v) is 20.7. The number of unbranched alkanes of at least 4 members (excludes halogenated alkanes) is 3. The van der Waals surface area contributed by atoms with Gasteiger partial charge in [0.2, 0.25) is 5.91 Å². The molecule has 1 unspecified atom stereocenters. The summed E-state index contributed by atoms with van der Waals surface area (Å²) in [5.41, 5.74) is 1.26. The average Bonchev–Trinajstić information content (AvgIpc) is 3.12. The van der Waals surface area contributed by atoms with Crippen molar-refractivity contribution in [3.63, 3.8) is 0 Å². The molecule has 0 N–H and O–H groups in total. The summed E-state index contributed by atoms with van der Waals surface area (Å²) in [5.74, 6) is 0.602. The van der Waals surface area contributed by atoms with Crippen LogP contribution in [0.3, 0.4) is 0 Å². The highest BCUT2D eigenvalue weighted by Gasteiger charge is 2.80. The van der Waals surface area contributed by atoms with Crippen molar-refractivity contribution in [3.8, 4) is 0 Å². The Hall–Kier alpha value is -1.45. The molecular weight excluding hydrogens is 665 g/mol. The van der Waals surface area contributed by atoms with E-state index in [2.05, 4.69) is 99.8 Å². The highest BCUT2D eigenvalue weighted by atomic mass is 127. The number of carbonyl (C=O) groups excluding carboxylic acids is 2. The molecule has 1 aromatic rings. The molecule has 1 aliphatic heterocycles. The molecule has 43 heavy (non-hydrogen) atoms. The van der Waals surface area contributed by atoms with Crippen molar-refractivity contribution in [2.75, 3.05) is 17.6 Å². The molecule has 4 aliphatic rings. The lowest BCUT2D eigenvalue weighted by Gasteiger charge is -2.38. The van der Waals surface area contributed by atoms with Gasteiger partial charge >= 0.3 is 6.09 Å². The molecule has 2 amide bonds. The van der Waals surface area contributed by atoms with E-state index in [1.165, 1.54) is 17.7 Å². The monoisotopic (exact) mass is 717 g/mol. The van der Waals surface area contributed by atoms with Gasteiger partial charge in [0.15, 0.2) is 8.32 Å². The van der Waals surface area contributed by atoms with Gasteiger partial charge in [0.1, 0.15) is 6.61 Å². The number of carbonyl (C=O) groups is 2. The summed E-state index contributed by atoms with van der Waals surface area (Å²) in [5, 5.41) is 0.159. The van der Waals surface area contributed by atoms with Crippen molar-refractivity contribution in [1.29, 1.82) is 0 Å². The van der Waals surface area contributed by atoms with E-state index >= 15 is 0 Å². The van der Waals surface area contributed by atoms with Crippen LogP contribution in [0.1, 0.15) is 71.8 Å². The minimum Gasteiger partial charge on any atom is -0.447 e. The second-order valence-electron chi connectivity index (χ2n) is 15.1. The van der Waals surface area contributed by atoms with E-state index in [1.54, 1.807) is 0 Å². The lowest BCUT2D eigenvalue weighted by Crippen LogP contribution is -2.46. The predicted octanol–water partition coefficient (Wildman–Crippen LogP) is 8.98. The van der Waals surface area contributed by atoms with Gasteiger partial charge in [-0.15, -0.1) is 0 Å². The number of hydrogen-bond donors (Lipinski definition) is 0. The Morgan fingerprint density at radius 1 is 1.14 bits per heavy atom. The molecule has 0 radical (unpaired) electrons. The third kappa shape index (κ3) is 5.96. The zero-order valence-corrected chi connectivity index (χ0v) is 30.3. The first-order valence-corrected chi connectivity index (χ1v) is 20.9. The third-order valence-electron chi connectivity index (χ3n) is 11.7. The van der Waals surface area contributed by atoms with Crippen LogP contribution in [0.25, 0.3) is 0 Å². The summed E-state index contributed by atoms with van der Waals surface area (Å²) in [6.07, 6.45) is 16.1. The van der Waals surface area contributed by atoms with Gasteiger partial charge in [-0.2, -0.15) is 0 Å². The van der Waals surface area contributed by atoms with Crippen LogP contribution in [0.15, 0.2) is 54.6 Å². The van der Waals surface area contributed by atoms with Crippen LogP contribution in [0.5, 0.6) is 0 Å². The molecule has 2 saturated carbocycles. The minimum atomic E-state index is -1.92. The number of imide groups is 1. The average molecular weight is 718 g/mol. The summed E-state index contributed by atoms with van der Waals surface area (Å²) in [7, 11) is -1.92. The number of rotatable bonds is 13. The normalized spacial score (nSPS) is 33.2. The number of amides is 2. The first-order chi connectivity index (χ1) is 20.4. The van der Waals surface area contributed by atoms with Crippen LogP contribution in [-0.2, 0) is 20.4 Å². The lowest BCUT2D eigenvalue weighted by atomic mass is 9.78. The van der Waals surface area contributed by atoms with Gasteiger partial charge in [0, 0.05) is 22.4 Å². The molecule has 7 heteroatoms. The largest absolute Gasteiger partial charge is 0.447 e. The summed E-state index contributed by atoms with van der Waals surface area (Å²) < 4.78 is 13.5. The Kier molecular flexibility index (Phi) is 9.76. The highest BCUT2D eigenvalue weighted by Crippen LogP contribution is 2.82. The fourth-order valence-electron chi connectivity index (χ4n) is 8.26. The van der Waals surface area contributed by atoms with Crippen LogP contribution < -0.4 is 0 Å². The first-order valence-electron chi connectivity index (χ1n) is 16.5. The van der Waals surface area contributed by atoms with E-state index in [9.17, 15) is 9.59 Å². The van der Waals surface area contributed by atoms with Gasteiger partial charge in [-0.3, -0.25) is 4.79 Å². The van der Waals surface area contributed by atoms with E-state index in [4.69, 9.17) is 9.16 Å². The maximum absolute atomic E-state index is 14.7. The van der Waals surface area contributed by atoms with Crippen LogP contribution in [0, 0.1) is 34.5 Å². The van der Waals surface area contributed by atoms with Crippen molar-refractivity contribution in [2.45, 2.75) is 96.8 Å². The maximum Gasteiger partial charge on any atom is 0.416 e. The number of nitrogens with zero attached hydrogens (tertiary/aromatic N) is 1. The molecule has 1 aromatic carbocycles. The number of ether oxygens (including phenoxy) is 1. The van der Waals surface area contributed by atoms with Crippen molar-refractivity contribution < 1.29 is 18.8 Å². The summed E-state index contributed by atoms with van der Waals surface area (Å²) in [4.78, 5) is 29.3. The van der Waals surface area contributed by atoms with Gasteiger partial charge < -0.3 is 9.16 Å². The molecule has 5 rings (SSSR count). The number of halogens is 1. The fraction of sp³-hybridized carbons (Fsp3) is 0.667. The zero-order valence-electron chi connectivity index (χ0n) is 27.1. The standard InChI is InChI=1S/C36H52INO4Si/c1-7-8-9-10-11-15-18-28-29-19-20-30(36(29)23-35(36,24-37)25-42-43(5,6)34(2,3)4)31(28)32(39)38-27(22-41-33(38)40)21-26-16-13-12-14-17-26/h7-8,12-14,16-17,19-20,27-31H,9-11,15,18,21-25H2,1-6H3/b8-7+/t27-,28-,29-,30+,31+,35?,36-/m0/s1. The quantitative estimate of drug-likeness (QED) is 0.0673. The Balaban J connectivity index is 1.40. The topological polar surface area (TPSA) is 55.8 Å². The van der Waals surface area contributed by atoms with Gasteiger partial charge in [0.25, 0.3) is 0 Å². The Labute approximate surface area is 274 Å². The number of allylic oxidation sites excluding steroid dienone is 4. The zero-order chi connectivity index (χ0) is 31.0. The van der Waals surface area contributed by atoms with E-state index in [0.717, 1.165) is 42.3 Å². The molecule has 236 valence electrons. The first kappa shape index (κ1) is 32.9. The fourth-order valence-corrected chi connectivity index (χ4v) is 10.5. The van der Waals surface area contributed by atoms with Crippen LogP contribution in [-0.4, -0.2) is 48.9 Å². The minimum absolute atomic E-state index is 0.00172. The van der Waals surface area contributed by atoms with Gasteiger partial charge in [0.05, 0.1) is 6.04 Å². The third-order valence-corrected chi connectivity index (χ3v) is 17.7. The Morgan fingerprint density at radius 2 is 1.86 bits per heavy atom. The molecule has 2 bridgehead atoms. The highest BCUT2D eigenvalue weighted by molar-refractivity contribution is 14.1. The number of hydrogen-bond acceptors (Lipinski definition) is 4. The van der Waals surface area contributed by atoms with Gasteiger partial charge in [-0.05, 0) is 85.9 Å². The summed E-state index contributed by atoms with van der Waals surface area (Å²) in [6.45, 7) is 14.7. The molecule has 3 aliphatic carbocycles. The van der Waals surface area contributed by atoms with Crippen LogP contribution in [0.4, 0.5) is 4.79 Å². The lowest BCUT2D eigenvalue weighted by molar-refractivity contribution is -0.136. The Bertz CT molecular complexity index is 1230. The predicted molar refractivity (Wildman–Crippen MR) is 185 cm³/mol. The molecule has 7 atom stereocenters. The molecule has 5 nitrogen and oxygen atoms in total. The molecule has 1 heterocycles. The van der Waals surface area contributed by atoms with Crippen molar-refractivity contribution in [2.24, 2.45) is 34.5 Å². The van der Waals surface area contributed by atoms with E-state index in [-0.39, 0.29) is 52.2 Å². The number of benzene rings is 1. The molecular formula is C36H52INO4Si. The smallest absolute Gasteiger partial charge is 0.416 e. The second kappa shape index (κ2) is 12.7. The van der Waals surface area contributed by atoms with Crippen molar-refractivity contribution >= 4 is 42.9 Å². The number of alkyl halides is 1. The Morgan fingerprint density at radius 3 is 2.53 bits per heavy atom. The molecule has 0 aromatic heterocycles. The van der Waals surface area contributed by atoms with Gasteiger partial charge in [-0.1, -0.05) is 111 Å². The van der Waals surface area contributed by atoms with E-state index in [1.807, 2.05) is 18.2 Å².